The van der Waals surface area contributed by atoms with Crippen LogP contribution in [-0.2, 0) is 4.74 Å². The lowest BCUT2D eigenvalue weighted by Crippen LogP contribution is -2.33. The Morgan fingerprint density at radius 2 is 2.00 bits per heavy atom. The zero-order valence-electron chi connectivity index (χ0n) is 16.0. The first-order valence-electron chi connectivity index (χ1n) is 8.55. The quantitative estimate of drug-likeness (QED) is 0.369. The van der Waals surface area contributed by atoms with Crippen LogP contribution < -0.4 is 10.6 Å². The molecule has 3 rings (SSSR count). The number of rotatable bonds is 4. The zero-order valence-corrected chi connectivity index (χ0v) is 19.2. The highest BCUT2D eigenvalue weighted by atomic mass is 35.5. The number of ether oxygens (including phenoxy) is 1. The molecular formula is C20H13Cl2N3O4S2. The average molecular weight is 494 g/mol. The van der Waals surface area contributed by atoms with Crippen molar-refractivity contribution in [2.75, 3.05) is 12.4 Å². The van der Waals surface area contributed by atoms with Crippen LogP contribution in [0, 0.1) is 18.3 Å². The molecule has 0 unspecified atom stereocenters. The molecule has 0 spiro atoms. The van der Waals surface area contributed by atoms with Gasteiger partial charge in [-0.1, -0.05) is 29.3 Å². The molecule has 0 aliphatic carbocycles. The van der Waals surface area contributed by atoms with Gasteiger partial charge in [0.05, 0.1) is 22.7 Å². The Bertz CT molecular complexity index is 1240. The number of carbonyl (C=O) groups excluding carboxylic acids is 2. The third kappa shape index (κ3) is 4.73. The van der Waals surface area contributed by atoms with E-state index in [1.54, 1.807) is 31.2 Å². The van der Waals surface area contributed by atoms with Gasteiger partial charge in [0.15, 0.2) is 10.9 Å². The summed E-state index contributed by atoms with van der Waals surface area (Å²) < 4.78 is 10.3. The fourth-order valence-corrected chi connectivity index (χ4v) is 4.35. The van der Waals surface area contributed by atoms with Crippen LogP contribution in [-0.4, -0.2) is 24.1 Å². The molecule has 1 amide bonds. The van der Waals surface area contributed by atoms with E-state index < -0.39 is 11.9 Å². The molecule has 31 heavy (non-hydrogen) atoms. The second-order valence-corrected chi connectivity index (χ2v) is 8.25. The van der Waals surface area contributed by atoms with E-state index in [-0.39, 0.29) is 21.3 Å². The van der Waals surface area contributed by atoms with E-state index in [4.69, 9.17) is 44.6 Å². The maximum atomic E-state index is 12.5. The lowest BCUT2D eigenvalue weighted by atomic mass is 10.2. The molecule has 2 N–H and O–H groups in total. The summed E-state index contributed by atoms with van der Waals surface area (Å²) >= 11 is 18.4. The molecule has 11 heteroatoms. The van der Waals surface area contributed by atoms with E-state index in [1.807, 2.05) is 6.07 Å². The number of esters is 1. The predicted molar refractivity (Wildman–Crippen MR) is 123 cm³/mol. The number of nitrogens with zero attached hydrogens (tertiary/aromatic N) is 1. The van der Waals surface area contributed by atoms with Crippen LogP contribution in [0.25, 0.3) is 11.3 Å². The summed E-state index contributed by atoms with van der Waals surface area (Å²) in [7, 11) is 1.25. The highest BCUT2D eigenvalue weighted by Crippen LogP contribution is 2.35. The fraction of sp³-hybridized carbons (Fsp3) is 0.100. The Labute approximate surface area is 196 Å². The molecule has 1 aromatic carbocycles. The van der Waals surface area contributed by atoms with Crippen LogP contribution in [0.5, 0.6) is 0 Å². The smallest absolute Gasteiger partial charge is 0.348 e. The van der Waals surface area contributed by atoms with Crippen LogP contribution in [0.3, 0.4) is 0 Å². The Hall–Kier alpha value is -2.90. The molecule has 0 aliphatic heterocycles. The third-order valence-corrected chi connectivity index (χ3v) is 6.34. The molecule has 7 nitrogen and oxygen atoms in total. The number of hydrogen-bond acceptors (Lipinski definition) is 7. The number of benzene rings is 1. The third-order valence-electron chi connectivity index (χ3n) is 4.13. The summed E-state index contributed by atoms with van der Waals surface area (Å²) in [6.07, 6.45) is 0. The topological polar surface area (TPSA) is 104 Å². The number of methoxy groups -OCH3 is 1. The summed E-state index contributed by atoms with van der Waals surface area (Å²) in [5.41, 5.74) is 1.24. The Morgan fingerprint density at radius 1 is 1.26 bits per heavy atom. The summed E-state index contributed by atoms with van der Waals surface area (Å²) in [4.78, 5) is 24.6. The van der Waals surface area contributed by atoms with Crippen molar-refractivity contribution < 1.29 is 18.7 Å². The van der Waals surface area contributed by atoms with E-state index in [0.29, 0.717) is 31.9 Å². The van der Waals surface area contributed by atoms with Gasteiger partial charge in [-0.2, -0.15) is 5.26 Å². The van der Waals surface area contributed by atoms with Gasteiger partial charge in [-0.3, -0.25) is 10.1 Å². The van der Waals surface area contributed by atoms with E-state index in [9.17, 15) is 14.9 Å². The first kappa shape index (κ1) is 22.8. The molecular weight excluding hydrogens is 481 g/mol. The largest absolute Gasteiger partial charge is 0.465 e. The number of thiocarbonyl (C=S) groups is 1. The minimum atomic E-state index is -0.609. The van der Waals surface area contributed by atoms with Crippen LogP contribution in [0.1, 0.15) is 31.4 Å². The Balaban J connectivity index is 1.75. The van der Waals surface area contributed by atoms with Gasteiger partial charge in [-0.05, 0) is 49.0 Å². The van der Waals surface area contributed by atoms with E-state index >= 15 is 0 Å². The lowest BCUT2D eigenvalue weighted by Gasteiger charge is -2.07. The van der Waals surface area contributed by atoms with Crippen molar-refractivity contribution in [2.24, 2.45) is 0 Å². The number of nitrogens with one attached hydrogen (secondary N) is 2. The van der Waals surface area contributed by atoms with Gasteiger partial charge in [-0.25, -0.2) is 4.79 Å². The number of carbonyl (C=O) groups is 2. The van der Waals surface area contributed by atoms with Gasteiger partial charge >= 0.3 is 5.97 Å². The molecule has 0 bridgehead atoms. The fourth-order valence-electron chi connectivity index (χ4n) is 2.62. The van der Waals surface area contributed by atoms with Crippen molar-refractivity contribution in [2.45, 2.75) is 6.92 Å². The molecule has 0 radical (unpaired) electrons. The molecule has 2 heterocycles. The van der Waals surface area contributed by atoms with E-state index in [0.717, 1.165) is 11.3 Å². The molecule has 2 aromatic heterocycles. The molecule has 0 fully saturated rings. The number of amides is 1. The van der Waals surface area contributed by atoms with Crippen molar-refractivity contribution in [3.05, 3.63) is 62.1 Å². The molecule has 158 valence electrons. The monoisotopic (exact) mass is 493 g/mol. The number of halogens is 2. The van der Waals surface area contributed by atoms with Crippen molar-refractivity contribution in [3.8, 4) is 17.4 Å². The molecule has 0 atom stereocenters. The van der Waals surface area contributed by atoms with Crippen LogP contribution >= 0.6 is 46.8 Å². The average Bonchev–Trinajstić information content (AvgIpc) is 3.34. The Kier molecular flexibility index (Phi) is 6.97. The summed E-state index contributed by atoms with van der Waals surface area (Å²) in [5.74, 6) is -0.820. The van der Waals surface area contributed by atoms with Gasteiger partial charge < -0.3 is 14.5 Å². The maximum absolute atomic E-state index is 12.5. The van der Waals surface area contributed by atoms with Gasteiger partial charge in [0.25, 0.3) is 5.91 Å². The number of nitriles is 1. The zero-order chi connectivity index (χ0) is 22.7. The van der Waals surface area contributed by atoms with E-state index in [2.05, 4.69) is 10.6 Å². The Morgan fingerprint density at radius 3 is 2.68 bits per heavy atom. The van der Waals surface area contributed by atoms with E-state index in [1.165, 1.54) is 13.2 Å². The second kappa shape index (κ2) is 9.49. The molecule has 0 aliphatic rings. The number of hydrogen-bond donors (Lipinski definition) is 2. The number of thiophene rings is 1. The SMILES string of the molecule is COC(=O)c1sc(NC(=S)NC(=O)c2ccc(-c3cccc(Cl)c3Cl)o2)c(C#N)c1C. The molecule has 3 aromatic rings. The number of anilines is 1. The minimum Gasteiger partial charge on any atom is -0.465 e. The maximum Gasteiger partial charge on any atom is 0.348 e. The van der Waals surface area contributed by atoms with Gasteiger partial charge in [0, 0.05) is 5.56 Å². The van der Waals surface area contributed by atoms with Crippen LogP contribution in [0.15, 0.2) is 34.7 Å². The van der Waals surface area contributed by atoms with Gasteiger partial charge in [-0.15, -0.1) is 11.3 Å². The normalized spacial score (nSPS) is 10.3. The molecule has 0 saturated carbocycles. The summed E-state index contributed by atoms with van der Waals surface area (Å²) in [5, 5.41) is 15.5. The van der Waals surface area contributed by atoms with Crippen molar-refractivity contribution >= 4 is 68.7 Å². The van der Waals surface area contributed by atoms with Gasteiger partial charge in [0.2, 0.25) is 0 Å². The molecule has 0 saturated heterocycles. The standard InChI is InChI=1S/C20H13Cl2N3O4S2/c1-9-11(8-23)18(31-16(9)19(27)28-2)25-20(30)24-17(26)14-7-6-13(29-14)10-4-3-5-12(21)15(10)22/h3-7H,1-2H3,(H2,24,25,26,30). The van der Waals surface area contributed by atoms with Crippen molar-refractivity contribution in [1.29, 1.82) is 5.26 Å². The lowest BCUT2D eigenvalue weighted by molar-refractivity contribution is 0.0605. The van der Waals surface area contributed by atoms with Crippen molar-refractivity contribution in [1.82, 2.24) is 5.32 Å². The van der Waals surface area contributed by atoms with Gasteiger partial charge in [0.1, 0.15) is 21.7 Å². The minimum absolute atomic E-state index is 0.00620. The second-order valence-electron chi connectivity index (χ2n) is 6.04. The summed E-state index contributed by atoms with van der Waals surface area (Å²) in [6.45, 7) is 1.62. The summed E-state index contributed by atoms with van der Waals surface area (Å²) in [6, 6.07) is 10.1. The highest BCUT2D eigenvalue weighted by Gasteiger charge is 2.22. The first-order valence-corrected chi connectivity index (χ1v) is 10.5. The highest BCUT2D eigenvalue weighted by molar-refractivity contribution is 7.80. The first-order chi connectivity index (χ1) is 14.8. The van der Waals surface area contributed by atoms with Crippen LogP contribution in [0.4, 0.5) is 5.00 Å². The predicted octanol–water partition coefficient (Wildman–Crippen LogP) is 5.41. The van der Waals surface area contributed by atoms with Crippen LogP contribution in [0.2, 0.25) is 10.0 Å². The number of furan rings is 1. The van der Waals surface area contributed by atoms with Crippen molar-refractivity contribution in [3.63, 3.8) is 0 Å².